The van der Waals surface area contributed by atoms with Gasteiger partial charge in [0.15, 0.2) is 5.65 Å². The fraction of sp³-hybridized carbons (Fsp3) is 0.276. The Morgan fingerprint density at radius 2 is 1.97 bits per heavy atom. The van der Waals surface area contributed by atoms with E-state index in [-0.39, 0.29) is 28.9 Å². The van der Waals surface area contributed by atoms with E-state index in [2.05, 4.69) is 16.0 Å². The predicted octanol–water partition coefficient (Wildman–Crippen LogP) is 4.86. The van der Waals surface area contributed by atoms with Gasteiger partial charge < -0.3 is 15.4 Å². The van der Waals surface area contributed by atoms with Crippen molar-refractivity contribution >= 4 is 22.8 Å². The van der Waals surface area contributed by atoms with E-state index in [1.165, 1.54) is 12.4 Å². The molecule has 1 aliphatic carbocycles. The van der Waals surface area contributed by atoms with Gasteiger partial charge in [-0.1, -0.05) is 24.3 Å². The monoisotopic (exact) mass is 523 g/mol. The number of hydrogen-bond donors (Lipinski definition) is 1. The summed E-state index contributed by atoms with van der Waals surface area (Å²) in [7, 11) is 0. The lowest BCUT2D eigenvalue weighted by molar-refractivity contribution is -0.127. The Labute approximate surface area is 224 Å². The van der Waals surface area contributed by atoms with Gasteiger partial charge in [-0.2, -0.15) is 10.4 Å². The molecule has 0 spiro atoms. The fourth-order valence-corrected chi connectivity index (χ4v) is 5.02. The fourth-order valence-electron chi connectivity index (χ4n) is 5.02. The van der Waals surface area contributed by atoms with E-state index in [1.807, 2.05) is 18.2 Å². The maximum absolute atomic E-state index is 15.4. The molecule has 3 heterocycles. The molecule has 2 aliphatic rings. The normalized spacial score (nSPS) is 17.4. The van der Waals surface area contributed by atoms with Crippen LogP contribution < -0.4 is 10.5 Å². The first-order valence-corrected chi connectivity index (χ1v) is 12.9. The molecule has 4 aromatic rings. The standard InChI is InChI=1S/C29H26FN7O2/c30-24-14-22(39-21-6-2-1-3-7-21)10-11-23(24)26-25-27(32)33-17-34-28(25)37(35-26)16-20-5-4-12-36(20)29(38)19(15-31)13-18-8-9-18/h1-3,6-7,10-11,13-14,17-18,20H,4-5,8-9,12,16H2,(H2,32,33,34). The highest BCUT2D eigenvalue weighted by atomic mass is 19.1. The van der Waals surface area contributed by atoms with Gasteiger partial charge in [0.2, 0.25) is 0 Å². The molecule has 2 N–H and O–H groups in total. The van der Waals surface area contributed by atoms with E-state index < -0.39 is 5.82 Å². The van der Waals surface area contributed by atoms with Gasteiger partial charge in [0.25, 0.3) is 5.91 Å². The highest BCUT2D eigenvalue weighted by Gasteiger charge is 2.33. The summed E-state index contributed by atoms with van der Waals surface area (Å²) in [6.45, 7) is 0.894. The number of para-hydroxylation sites is 1. The zero-order valence-electron chi connectivity index (χ0n) is 21.1. The maximum atomic E-state index is 15.4. The molecule has 10 heteroatoms. The largest absolute Gasteiger partial charge is 0.457 e. The highest BCUT2D eigenvalue weighted by Crippen LogP contribution is 2.35. The molecule has 39 heavy (non-hydrogen) atoms. The summed E-state index contributed by atoms with van der Waals surface area (Å²) in [6, 6.07) is 15.6. The quantitative estimate of drug-likeness (QED) is 0.271. The molecule has 0 radical (unpaired) electrons. The summed E-state index contributed by atoms with van der Waals surface area (Å²) >= 11 is 0. The first kappa shape index (κ1) is 24.6. The van der Waals surface area contributed by atoms with Gasteiger partial charge in [-0.15, -0.1) is 0 Å². The van der Waals surface area contributed by atoms with Crippen LogP contribution in [0.5, 0.6) is 11.5 Å². The van der Waals surface area contributed by atoms with E-state index in [0.29, 0.717) is 47.2 Å². The first-order chi connectivity index (χ1) is 19.0. The summed E-state index contributed by atoms with van der Waals surface area (Å²) < 4.78 is 22.8. The minimum Gasteiger partial charge on any atom is -0.457 e. The SMILES string of the molecule is N#CC(=CC1CC1)C(=O)N1CCCC1Cn1nc(-c2ccc(Oc3ccccc3)cc2F)c2c(N)ncnc21. The predicted molar refractivity (Wildman–Crippen MR) is 143 cm³/mol. The summed E-state index contributed by atoms with van der Waals surface area (Å²) in [4.78, 5) is 23.4. The molecule has 2 aromatic carbocycles. The van der Waals surface area contributed by atoms with Crippen molar-refractivity contribution in [2.24, 2.45) is 5.92 Å². The lowest BCUT2D eigenvalue weighted by Gasteiger charge is -2.24. The number of fused-ring (bicyclic) bond motifs is 1. The number of halogens is 1. The van der Waals surface area contributed by atoms with Crippen molar-refractivity contribution in [3.05, 3.63) is 72.3 Å². The Bertz CT molecular complexity index is 1620. The molecule has 1 atom stereocenters. The minimum absolute atomic E-state index is 0.184. The van der Waals surface area contributed by atoms with Crippen LogP contribution in [0.25, 0.3) is 22.3 Å². The number of likely N-dealkylation sites (tertiary alicyclic amines) is 1. The molecule has 2 fully saturated rings. The van der Waals surface area contributed by atoms with Crippen molar-refractivity contribution < 1.29 is 13.9 Å². The molecule has 9 nitrogen and oxygen atoms in total. The van der Waals surface area contributed by atoms with Gasteiger partial charge in [0.05, 0.1) is 18.0 Å². The van der Waals surface area contributed by atoms with Crippen molar-refractivity contribution in [3.8, 4) is 28.8 Å². The summed E-state index contributed by atoms with van der Waals surface area (Å²) in [5, 5.41) is 14.7. The third-order valence-corrected chi connectivity index (χ3v) is 7.13. The topological polar surface area (TPSA) is 123 Å². The van der Waals surface area contributed by atoms with Crippen molar-refractivity contribution in [2.75, 3.05) is 12.3 Å². The molecular formula is C29H26FN7O2. The Balaban J connectivity index is 1.32. The number of ether oxygens (including phenoxy) is 1. The van der Waals surface area contributed by atoms with E-state index in [0.717, 1.165) is 25.7 Å². The average molecular weight is 524 g/mol. The summed E-state index contributed by atoms with van der Waals surface area (Å²) in [5.74, 6) is 0.671. The van der Waals surface area contributed by atoms with Crippen LogP contribution in [0.4, 0.5) is 10.2 Å². The second-order valence-corrected chi connectivity index (χ2v) is 9.87. The summed E-state index contributed by atoms with van der Waals surface area (Å²) in [5.41, 5.74) is 7.42. The number of amides is 1. The van der Waals surface area contributed by atoms with Crippen LogP contribution >= 0.6 is 0 Å². The number of nitrogens with two attached hydrogens (primary N) is 1. The second kappa shape index (κ2) is 10.2. The Kier molecular flexibility index (Phi) is 6.40. The number of carbonyl (C=O) groups excluding carboxylic acids is 1. The van der Waals surface area contributed by atoms with Gasteiger partial charge in [-0.05, 0) is 55.9 Å². The lowest BCUT2D eigenvalue weighted by Crippen LogP contribution is -2.39. The van der Waals surface area contributed by atoms with E-state index >= 15 is 4.39 Å². The van der Waals surface area contributed by atoms with Gasteiger partial charge >= 0.3 is 0 Å². The molecule has 1 amide bonds. The molecule has 1 aliphatic heterocycles. The third-order valence-electron chi connectivity index (χ3n) is 7.13. The Hall–Kier alpha value is -4.78. The van der Waals surface area contributed by atoms with Crippen LogP contribution in [0.15, 0.2) is 66.5 Å². The number of rotatable bonds is 7. The van der Waals surface area contributed by atoms with Gasteiger partial charge in [0, 0.05) is 18.2 Å². The highest BCUT2D eigenvalue weighted by molar-refractivity contribution is 5.99. The number of nitrogen functional groups attached to an aromatic ring is 1. The molecule has 6 rings (SSSR count). The average Bonchev–Trinajstić information content (AvgIpc) is 3.52. The smallest absolute Gasteiger partial charge is 0.264 e. The van der Waals surface area contributed by atoms with Crippen LogP contribution in [0.3, 0.4) is 0 Å². The van der Waals surface area contributed by atoms with Crippen LogP contribution in [0, 0.1) is 23.1 Å². The van der Waals surface area contributed by atoms with Crippen molar-refractivity contribution in [3.63, 3.8) is 0 Å². The van der Waals surface area contributed by atoms with Crippen molar-refractivity contribution in [1.29, 1.82) is 5.26 Å². The van der Waals surface area contributed by atoms with Crippen molar-refractivity contribution in [1.82, 2.24) is 24.6 Å². The number of benzene rings is 2. The number of nitrogens with zero attached hydrogens (tertiary/aromatic N) is 6. The van der Waals surface area contributed by atoms with Crippen LogP contribution in [0.1, 0.15) is 25.7 Å². The minimum atomic E-state index is -0.528. The van der Waals surface area contributed by atoms with E-state index in [4.69, 9.17) is 15.6 Å². The number of aromatic nitrogens is 4. The second-order valence-electron chi connectivity index (χ2n) is 9.87. The first-order valence-electron chi connectivity index (χ1n) is 12.9. The molecular weight excluding hydrogens is 497 g/mol. The van der Waals surface area contributed by atoms with Crippen LogP contribution in [0.2, 0.25) is 0 Å². The summed E-state index contributed by atoms with van der Waals surface area (Å²) in [6.07, 6.45) is 6.74. The number of hydrogen-bond acceptors (Lipinski definition) is 7. The van der Waals surface area contributed by atoms with Crippen LogP contribution in [-0.4, -0.2) is 43.1 Å². The van der Waals surface area contributed by atoms with E-state index in [1.54, 1.807) is 39.9 Å². The molecule has 2 aromatic heterocycles. The number of nitriles is 1. The number of carbonyl (C=O) groups is 1. The molecule has 1 saturated heterocycles. The zero-order chi connectivity index (χ0) is 26.9. The van der Waals surface area contributed by atoms with Gasteiger partial charge in [-0.25, -0.2) is 19.0 Å². The van der Waals surface area contributed by atoms with Gasteiger partial charge in [0.1, 0.15) is 46.8 Å². The molecule has 196 valence electrons. The Morgan fingerprint density at radius 1 is 1.15 bits per heavy atom. The molecule has 1 unspecified atom stereocenters. The van der Waals surface area contributed by atoms with Gasteiger partial charge in [-0.3, -0.25) is 4.79 Å². The zero-order valence-corrected chi connectivity index (χ0v) is 21.1. The molecule has 1 saturated carbocycles. The third kappa shape index (κ3) is 4.91. The van der Waals surface area contributed by atoms with Crippen molar-refractivity contribution in [2.45, 2.75) is 38.3 Å². The Morgan fingerprint density at radius 3 is 2.72 bits per heavy atom. The van der Waals surface area contributed by atoms with Crippen LogP contribution in [-0.2, 0) is 11.3 Å². The number of allylic oxidation sites excluding steroid dienone is 1. The number of anilines is 1. The lowest BCUT2D eigenvalue weighted by atomic mass is 10.1. The molecule has 0 bridgehead atoms. The van der Waals surface area contributed by atoms with E-state index in [9.17, 15) is 10.1 Å². The maximum Gasteiger partial charge on any atom is 0.264 e.